The van der Waals surface area contributed by atoms with Crippen LogP contribution in [0.25, 0.3) is 17.2 Å². The molecule has 0 aliphatic carbocycles. The molecule has 5 aromatic rings. The van der Waals surface area contributed by atoms with Crippen LogP contribution in [0.5, 0.6) is 17.5 Å². The Labute approximate surface area is 270 Å². The third kappa shape index (κ3) is 5.99. The number of aromatic nitrogens is 4. The third-order valence-electron chi connectivity index (χ3n) is 6.98. The van der Waals surface area contributed by atoms with E-state index in [2.05, 4.69) is 15.3 Å². The van der Waals surface area contributed by atoms with Gasteiger partial charge in [-0.05, 0) is 65.4 Å². The van der Waals surface area contributed by atoms with Gasteiger partial charge in [0.1, 0.15) is 0 Å². The molecule has 11 nitrogen and oxygen atoms in total. The monoisotopic (exact) mass is 662 g/mol. The van der Waals surface area contributed by atoms with Gasteiger partial charge < -0.3 is 14.8 Å². The minimum absolute atomic E-state index is 0.0335. The highest BCUT2D eigenvalue weighted by molar-refractivity contribution is 8.18. The van der Waals surface area contributed by atoms with E-state index < -0.39 is 11.2 Å². The highest BCUT2D eigenvalue weighted by atomic mass is 35.5. The highest BCUT2D eigenvalue weighted by Gasteiger charge is 2.25. The molecule has 14 heteroatoms. The smallest absolute Gasteiger partial charge is 0.332 e. The first kappa shape index (κ1) is 30.3. The topological polar surface area (TPSA) is 122 Å². The van der Waals surface area contributed by atoms with Crippen LogP contribution < -0.4 is 26.0 Å². The fourth-order valence-corrected chi connectivity index (χ4v) is 5.99. The van der Waals surface area contributed by atoms with E-state index in [-0.39, 0.29) is 35.4 Å². The average molecular weight is 664 g/mol. The fourth-order valence-electron chi connectivity index (χ4n) is 4.68. The molecule has 2 aromatic heterocycles. The van der Waals surface area contributed by atoms with Crippen molar-refractivity contribution in [1.82, 2.24) is 24.0 Å². The van der Waals surface area contributed by atoms with Crippen LogP contribution in [0.1, 0.15) is 11.1 Å². The van der Waals surface area contributed by atoms with E-state index in [1.54, 1.807) is 47.0 Å². The summed E-state index contributed by atoms with van der Waals surface area (Å²) in [6, 6.07) is 19.5. The van der Waals surface area contributed by atoms with Crippen molar-refractivity contribution in [3.63, 3.8) is 0 Å². The van der Waals surface area contributed by atoms with Crippen LogP contribution >= 0.6 is 35.0 Å². The molecule has 0 bridgehead atoms. The molecule has 1 saturated heterocycles. The van der Waals surface area contributed by atoms with Crippen molar-refractivity contribution in [3.8, 4) is 17.5 Å². The Bertz CT molecular complexity index is 2170. The number of benzene rings is 3. The molecule has 6 rings (SSSR count). The number of halogens is 2. The summed E-state index contributed by atoms with van der Waals surface area (Å²) >= 11 is 13.8. The number of rotatable bonds is 7. The number of nitrogens with zero attached hydrogens (tertiary/aromatic N) is 5. The predicted octanol–water partition coefficient (Wildman–Crippen LogP) is 5.48. The van der Waals surface area contributed by atoms with Crippen molar-refractivity contribution in [2.75, 3.05) is 7.11 Å². The second kappa shape index (κ2) is 12.3. The lowest BCUT2D eigenvalue weighted by atomic mass is 10.2. The third-order valence-corrected chi connectivity index (χ3v) is 8.48. The van der Waals surface area contributed by atoms with Gasteiger partial charge in [0.05, 0.1) is 24.2 Å². The first-order valence-corrected chi connectivity index (χ1v) is 15.0. The predicted molar refractivity (Wildman–Crippen MR) is 176 cm³/mol. The molecular weight excluding hydrogens is 639 g/mol. The number of aliphatic imine (C=N–C) groups is 1. The summed E-state index contributed by atoms with van der Waals surface area (Å²) in [4.78, 5) is 48.1. The first-order valence-electron chi connectivity index (χ1n) is 13.4. The van der Waals surface area contributed by atoms with E-state index in [4.69, 9.17) is 32.7 Å². The largest absolute Gasteiger partial charge is 0.493 e. The maximum absolute atomic E-state index is 13.3. The highest BCUT2D eigenvalue weighted by Crippen LogP contribution is 2.36. The van der Waals surface area contributed by atoms with E-state index in [1.807, 2.05) is 30.3 Å². The van der Waals surface area contributed by atoms with Gasteiger partial charge in [0, 0.05) is 24.1 Å². The van der Waals surface area contributed by atoms with Crippen molar-refractivity contribution in [2.45, 2.75) is 6.54 Å². The number of thioether (sulfide) groups is 1. The lowest BCUT2D eigenvalue weighted by Gasteiger charge is -2.13. The van der Waals surface area contributed by atoms with Crippen LogP contribution in [0.4, 0.5) is 5.69 Å². The Morgan fingerprint density at radius 3 is 2.49 bits per heavy atom. The standard InChI is InChI=1S/C31H24Cl2N6O5S/c1-37-26-25(28(41)38(2)31(37)42)39(16-18-10-11-19(32)15-21(18)33)30(35-26)44-22-12-9-17(13-23(22)43-3)14-24-27(40)36-29(45-24)34-20-7-5-4-6-8-20/h4-15H,16H2,1-3H3,(H,34,36,40). The molecule has 1 N–H and O–H groups in total. The molecule has 0 radical (unpaired) electrons. The molecular formula is C31H24Cl2N6O5S. The molecule has 3 aromatic carbocycles. The first-order chi connectivity index (χ1) is 21.6. The Kier molecular flexibility index (Phi) is 8.28. The van der Waals surface area contributed by atoms with Crippen LogP contribution in [0.2, 0.25) is 10.0 Å². The number of methoxy groups -OCH3 is 1. The van der Waals surface area contributed by atoms with Gasteiger partial charge in [-0.3, -0.25) is 23.3 Å². The number of carbonyl (C=O) groups is 1. The molecule has 0 saturated carbocycles. The molecule has 3 heterocycles. The number of imidazole rings is 1. The van der Waals surface area contributed by atoms with Gasteiger partial charge in [0.2, 0.25) is 0 Å². The normalized spacial score (nSPS) is 14.8. The van der Waals surface area contributed by atoms with Gasteiger partial charge in [-0.15, -0.1) is 0 Å². The van der Waals surface area contributed by atoms with Gasteiger partial charge in [0.25, 0.3) is 11.5 Å². The number of nitrogens with one attached hydrogen (secondary N) is 1. The Morgan fingerprint density at radius 1 is 0.978 bits per heavy atom. The van der Waals surface area contributed by atoms with Crippen molar-refractivity contribution >= 4 is 69.0 Å². The van der Waals surface area contributed by atoms with Crippen LogP contribution in [0, 0.1) is 0 Å². The maximum atomic E-state index is 13.3. The lowest BCUT2D eigenvalue weighted by molar-refractivity contribution is -0.115. The van der Waals surface area contributed by atoms with E-state index in [0.717, 1.165) is 10.3 Å². The summed E-state index contributed by atoms with van der Waals surface area (Å²) in [6.45, 7) is 0.0982. The van der Waals surface area contributed by atoms with Gasteiger partial charge in [-0.2, -0.15) is 4.98 Å². The van der Waals surface area contributed by atoms with Crippen LogP contribution in [0.15, 0.2) is 86.2 Å². The van der Waals surface area contributed by atoms with Crippen molar-refractivity contribution in [1.29, 1.82) is 0 Å². The quantitative estimate of drug-likeness (QED) is 0.229. The second-order valence-electron chi connectivity index (χ2n) is 9.92. The van der Waals surface area contributed by atoms with Crippen LogP contribution in [-0.2, 0) is 25.4 Å². The van der Waals surface area contributed by atoms with Gasteiger partial charge >= 0.3 is 11.7 Å². The lowest BCUT2D eigenvalue weighted by Crippen LogP contribution is -2.37. The summed E-state index contributed by atoms with van der Waals surface area (Å²) < 4.78 is 15.7. The zero-order valence-electron chi connectivity index (χ0n) is 24.1. The Morgan fingerprint density at radius 2 is 1.76 bits per heavy atom. The van der Waals surface area contributed by atoms with Gasteiger partial charge in [0.15, 0.2) is 27.8 Å². The summed E-state index contributed by atoms with van der Waals surface area (Å²) in [5, 5.41) is 4.10. The number of hydrogen-bond donors (Lipinski definition) is 1. The average Bonchev–Trinajstić information content (AvgIpc) is 3.56. The molecule has 1 amide bonds. The van der Waals surface area contributed by atoms with Gasteiger partial charge in [-0.25, -0.2) is 9.79 Å². The Balaban J connectivity index is 1.37. The van der Waals surface area contributed by atoms with Crippen molar-refractivity contribution in [3.05, 3.63) is 114 Å². The zero-order valence-corrected chi connectivity index (χ0v) is 26.4. The van der Waals surface area contributed by atoms with E-state index >= 15 is 0 Å². The minimum Gasteiger partial charge on any atom is -0.493 e. The number of aryl methyl sites for hydroxylation is 1. The summed E-state index contributed by atoms with van der Waals surface area (Å²) in [5.41, 5.74) is 1.27. The molecule has 0 unspecified atom stereocenters. The maximum Gasteiger partial charge on any atom is 0.332 e. The number of carbonyl (C=O) groups excluding carboxylic acids is 1. The molecule has 45 heavy (non-hydrogen) atoms. The molecule has 228 valence electrons. The molecule has 1 fully saturated rings. The summed E-state index contributed by atoms with van der Waals surface area (Å²) in [7, 11) is 4.40. The molecule has 0 spiro atoms. The van der Waals surface area contributed by atoms with Crippen molar-refractivity contribution < 1.29 is 14.3 Å². The number of ether oxygens (including phenoxy) is 2. The van der Waals surface area contributed by atoms with Crippen molar-refractivity contribution in [2.24, 2.45) is 19.1 Å². The van der Waals surface area contributed by atoms with E-state index in [1.165, 1.54) is 37.5 Å². The number of amides is 1. The summed E-state index contributed by atoms with van der Waals surface area (Å²) in [5.74, 6) is 0.363. The Hall–Kier alpha value is -4.78. The zero-order chi connectivity index (χ0) is 31.8. The number of amidine groups is 1. The molecule has 1 aliphatic rings. The molecule has 1 aliphatic heterocycles. The fraction of sp³-hybridized carbons (Fsp3) is 0.129. The number of para-hydroxylation sites is 1. The number of fused-ring (bicyclic) bond motifs is 1. The SMILES string of the molecule is COc1cc(C=C2SC(=Nc3ccccc3)NC2=O)ccc1Oc1nc2c(c(=O)n(C)c(=O)n2C)n1Cc1ccc(Cl)cc1Cl. The van der Waals surface area contributed by atoms with E-state index in [0.29, 0.717) is 37.0 Å². The van der Waals surface area contributed by atoms with Crippen LogP contribution in [0.3, 0.4) is 0 Å². The molecule has 0 atom stereocenters. The van der Waals surface area contributed by atoms with E-state index in [9.17, 15) is 14.4 Å². The van der Waals surface area contributed by atoms with Crippen LogP contribution in [-0.4, -0.2) is 36.9 Å². The summed E-state index contributed by atoms with van der Waals surface area (Å²) in [6.07, 6.45) is 1.72. The number of hydrogen-bond acceptors (Lipinski definition) is 8. The van der Waals surface area contributed by atoms with Gasteiger partial charge in [-0.1, -0.05) is 53.5 Å². The minimum atomic E-state index is -0.544. The second-order valence-corrected chi connectivity index (χ2v) is 11.8.